The number of carbonyl (C=O) groups excluding carboxylic acids is 1. The lowest BCUT2D eigenvalue weighted by Gasteiger charge is -2.19. The summed E-state index contributed by atoms with van der Waals surface area (Å²) in [4.78, 5) is 22.0. The van der Waals surface area contributed by atoms with Crippen LogP contribution >= 0.6 is 0 Å². The van der Waals surface area contributed by atoms with E-state index in [4.69, 9.17) is 5.11 Å². The van der Waals surface area contributed by atoms with Gasteiger partial charge in [-0.25, -0.2) is 0 Å². The predicted molar refractivity (Wildman–Crippen MR) is 91.2 cm³/mol. The van der Waals surface area contributed by atoms with E-state index in [0.717, 1.165) is 57.8 Å². The van der Waals surface area contributed by atoms with Crippen molar-refractivity contribution in [2.24, 2.45) is 11.8 Å². The number of unbranched alkanes of at least 4 members (excludes halogenated alkanes) is 4. The standard InChI is InChI=1S/C19H32O4/c1-2-8-16(20)13-11-15-12-14-18(21)17(15)9-6-4-3-5-7-10-19(22)23/h11,13,15,17-18,21H,2-10,12,14H2,1H3,(H,22,23)/b13-11+. The SMILES string of the molecule is CCCC(=O)/C=C/C1CCC(O)C1CCCCCCCC(=O)O. The molecule has 1 rings (SSSR count). The molecule has 1 fully saturated rings. The number of hydrogen-bond donors (Lipinski definition) is 2. The molecule has 3 atom stereocenters. The molecule has 0 radical (unpaired) electrons. The highest BCUT2D eigenvalue weighted by Gasteiger charge is 2.32. The molecule has 3 unspecified atom stereocenters. The summed E-state index contributed by atoms with van der Waals surface area (Å²) in [5.74, 6) is 0.0786. The van der Waals surface area contributed by atoms with E-state index in [1.807, 2.05) is 13.0 Å². The second-order valence-corrected chi connectivity index (χ2v) is 6.75. The zero-order chi connectivity index (χ0) is 17.1. The van der Waals surface area contributed by atoms with E-state index in [9.17, 15) is 14.7 Å². The monoisotopic (exact) mass is 324 g/mol. The Labute approximate surface area is 140 Å². The van der Waals surface area contributed by atoms with Gasteiger partial charge in [-0.2, -0.15) is 0 Å². The summed E-state index contributed by atoms with van der Waals surface area (Å²) in [6.45, 7) is 2.00. The molecule has 0 spiro atoms. The highest BCUT2D eigenvalue weighted by atomic mass is 16.4. The molecule has 1 saturated carbocycles. The maximum absolute atomic E-state index is 11.6. The molecule has 0 saturated heterocycles. The summed E-state index contributed by atoms with van der Waals surface area (Å²) in [7, 11) is 0. The average Bonchev–Trinajstić information content (AvgIpc) is 2.85. The second kappa shape index (κ2) is 11.4. The molecule has 0 bridgehead atoms. The van der Waals surface area contributed by atoms with Gasteiger partial charge < -0.3 is 10.2 Å². The Morgan fingerprint density at radius 2 is 1.74 bits per heavy atom. The number of aliphatic hydroxyl groups excluding tert-OH is 1. The fourth-order valence-corrected chi connectivity index (χ4v) is 3.47. The van der Waals surface area contributed by atoms with Crippen molar-refractivity contribution in [2.75, 3.05) is 0 Å². The Bertz CT molecular complexity index is 389. The van der Waals surface area contributed by atoms with Gasteiger partial charge in [0.05, 0.1) is 6.10 Å². The van der Waals surface area contributed by atoms with Gasteiger partial charge in [0.1, 0.15) is 0 Å². The molecule has 1 aliphatic carbocycles. The van der Waals surface area contributed by atoms with Crippen LogP contribution in [0.3, 0.4) is 0 Å². The lowest BCUT2D eigenvalue weighted by molar-refractivity contribution is -0.137. The number of hydrogen-bond acceptors (Lipinski definition) is 3. The maximum Gasteiger partial charge on any atom is 0.303 e. The van der Waals surface area contributed by atoms with E-state index in [2.05, 4.69) is 0 Å². The number of aliphatic hydroxyl groups is 1. The van der Waals surface area contributed by atoms with Gasteiger partial charge in [0.25, 0.3) is 0 Å². The molecule has 0 heterocycles. The van der Waals surface area contributed by atoms with E-state index in [0.29, 0.717) is 12.3 Å². The number of rotatable bonds is 12. The van der Waals surface area contributed by atoms with Crippen molar-refractivity contribution in [1.29, 1.82) is 0 Å². The van der Waals surface area contributed by atoms with Crippen LogP contribution in [0, 0.1) is 11.8 Å². The van der Waals surface area contributed by atoms with Crippen molar-refractivity contribution >= 4 is 11.8 Å². The molecule has 0 aliphatic heterocycles. The Balaban J connectivity index is 2.24. The van der Waals surface area contributed by atoms with Crippen molar-refractivity contribution < 1.29 is 19.8 Å². The number of ketones is 1. The third-order valence-electron chi connectivity index (χ3n) is 4.79. The molecule has 23 heavy (non-hydrogen) atoms. The minimum atomic E-state index is -0.716. The van der Waals surface area contributed by atoms with Crippen molar-refractivity contribution in [3.05, 3.63) is 12.2 Å². The van der Waals surface area contributed by atoms with Gasteiger partial charge in [0, 0.05) is 12.8 Å². The van der Waals surface area contributed by atoms with Crippen LogP contribution in [0.5, 0.6) is 0 Å². The van der Waals surface area contributed by atoms with Gasteiger partial charge in [-0.1, -0.05) is 38.7 Å². The Morgan fingerprint density at radius 3 is 2.43 bits per heavy atom. The molecule has 0 amide bonds. The topological polar surface area (TPSA) is 74.6 Å². The minimum absolute atomic E-state index is 0.186. The van der Waals surface area contributed by atoms with E-state index in [-0.39, 0.29) is 24.2 Å². The van der Waals surface area contributed by atoms with Crippen LogP contribution in [0.25, 0.3) is 0 Å². The Morgan fingerprint density at radius 1 is 1.04 bits per heavy atom. The third-order valence-corrected chi connectivity index (χ3v) is 4.79. The number of carbonyl (C=O) groups is 2. The average molecular weight is 324 g/mol. The van der Waals surface area contributed by atoms with Crippen LogP contribution in [0.15, 0.2) is 12.2 Å². The summed E-state index contributed by atoms with van der Waals surface area (Å²) in [6, 6.07) is 0. The first-order valence-electron chi connectivity index (χ1n) is 9.15. The van der Waals surface area contributed by atoms with Gasteiger partial charge in [-0.05, 0) is 50.0 Å². The van der Waals surface area contributed by atoms with E-state index >= 15 is 0 Å². The first-order valence-corrected chi connectivity index (χ1v) is 9.15. The first-order chi connectivity index (χ1) is 11.0. The molecule has 0 aromatic rings. The van der Waals surface area contributed by atoms with Crippen LogP contribution in [-0.4, -0.2) is 28.1 Å². The highest BCUT2D eigenvalue weighted by Crippen LogP contribution is 2.36. The lowest BCUT2D eigenvalue weighted by Crippen LogP contribution is -2.18. The van der Waals surface area contributed by atoms with Gasteiger partial charge in [-0.15, -0.1) is 0 Å². The lowest BCUT2D eigenvalue weighted by atomic mass is 9.88. The number of carboxylic acid groups (broad SMARTS) is 1. The quantitative estimate of drug-likeness (QED) is 0.418. The van der Waals surface area contributed by atoms with Crippen LogP contribution < -0.4 is 0 Å². The molecule has 2 N–H and O–H groups in total. The van der Waals surface area contributed by atoms with Gasteiger partial charge in [0.2, 0.25) is 0 Å². The Kier molecular flexibility index (Phi) is 9.85. The molecule has 4 heteroatoms. The summed E-state index contributed by atoms with van der Waals surface area (Å²) in [5.41, 5.74) is 0. The van der Waals surface area contributed by atoms with E-state index in [1.165, 1.54) is 0 Å². The third kappa shape index (κ3) is 8.31. The molecule has 4 nitrogen and oxygen atoms in total. The minimum Gasteiger partial charge on any atom is -0.481 e. The van der Waals surface area contributed by atoms with Crippen LogP contribution in [-0.2, 0) is 9.59 Å². The summed E-state index contributed by atoms with van der Waals surface area (Å²) in [6.07, 6.45) is 13.0. The van der Waals surface area contributed by atoms with Crippen molar-refractivity contribution in [3.8, 4) is 0 Å². The van der Waals surface area contributed by atoms with Crippen molar-refractivity contribution in [2.45, 2.75) is 83.7 Å². The Hall–Kier alpha value is -1.16. The summed E-state index contributed by atoms with van der Waals surface area (Å²) < 4.78 is 0. The highest BCUT2D eigenvalue weighted by molar-refractivity contribution is 5.89. The molecule has 0 aromatic carbocycles. The van der Waals surface area contributed by atoms with E-state index < -0.39 is 5.97 Å². The smallest absolute Gasteiger partial charge is 0.303 e. The molecular weight excluding hydrogens is 292 g/mol. The molecule has 1 aliphatic rings. The fourth-order valence-electron chi connectivity index (χ4n) is 3.47. The van der Waals surface area contributed by atoms with Gasteiger partial charge in [-0.3, -0.25) is 9.59 Å². The van der Waals surface area contributed by atoms with Crippen molar-refractivity contribution in [3.63, 3.8) is 0 Å². The second-order valence-electron chi connectivity index (χ2n) is 6.75. The predicted octanol–water partition coefficient (Wildman–Crippen LogP) is 4.11. The molecule has 0 aromatic heterocycles. The number of allylic oxidation sites excluding steroid dienone is 2. The zero-order valence-electron chi connectivity index (χ0n) is 14.4. The van der Waals surface area contributed by atoms with Crippen LogP contribution in [0.2, 0.25) is 0 Å². The van der Waals surface area contributed by atoms with E-state index in [1.54, 1.807) is 6.08 Å². The van der Waals surface area contributed by atoms with Crippen LogP contribution in [0.1, 0.15) is 77.6 Å². The molecule has 132 valence electrons. The largest absolute Gasteiger partial charge is 0.481 e. The molecular formula is C19H32O4. The van der Waals surface area contributed by atoms with Crippen LogP contribution in [0.4, 0.5) is 0 Å². The maximum atomic E-state index is 11.6. The normalized spacial score (nSPS) is 24.3. The number of carboxylic acids is 1. The number of aliphatic carboxylic acids is 1. The van der Waals surface area contributed by atoms with Gasteiger partial charge in [0.15, 0.2) is 5.78 Å². The van der Waals surface area contributed by atoms with Crippen molar-refractivity contribution in [1.82, 2.24) is 0 Å². The fraction of sp³-hybridized carbons (Fsp3) is 0.789. The summed E-state index contributed by atoms with van der Waals surface area (Å²) >= 11 is 0. The zero-order valence-corrected chi connectivity index (χ0v) is 14.4. The first kappa shape index (κ1) is 19.9. The summed E-state index contributed by atoms with van der Waals surface area (Å²) in [5, 5.41) is 18.7. The van der Waals surface area contributed by atoms with Gasteiger partial charge >= 0.3 is 5.97 Å².